The van der Waals surface area contributed by atoms with E-state index in [2.05, 4.69) is 15.1 Å². The molecule has 1 saturated carbocycles. The van der Waals surface area contributed by atoms with Gasteiger partial charge in [0.15, 0.2) is 0 Å². The Morgan fingerprint density at radius 1 is 1.17 bits per heavy atom. The summed E-state index contributed by atoms with van der Waals surface area (Å²) in [6.07, 6.45) is 3.25. The average Bonchev–Trinajstić information content (AvgIpc) is 3.21. The van der Waals surface area contributed by atoms with Crippen LogP contribution < -0.4 is 5.73 Å². The van der Waals surface area contributed by atoms with Crippen molar-refractivity contribution in [1.29, 1.82) is 0 Å². The number of rotatable bonds is 5. The summed E-state index contributed by atoms with van der Waals surface area (Å²) in [6.45, 7) is 2.89. The van der Waals surface area contributed by atoms with E-state index in [1.807, 2.05) is 12.1 Å². The fraction of sp³-hybridized carbons (Fsp3) is 0.348. The van der Waals surface area contributed by atoms with Crippen LogP contribution in [0.4, 0.5) is 4.39 Å². The van der Waals surface area contributed by atoms with Crippen LogP contribution >= 0.6 is 0 Å². The first-order valence-electron chi connectivity index (χ1n) is 10.2. The molecule has 30 heavy (non-hydrogen) atoms. The molecule has 2 heterocycles. The van der Waals surface area contributed by atoms with Gasteiger partial charge in [-0.25, -0.2) is 4.39 Å². The van der Waals surface area contributed by atoms with Crippen LogP contribution in [0.5, 0.6) is 0 Å². The molecule has 5 rings (SSSR count). The summed E-state index contributed by atoms with van der Waals surface area (Å²) in [5.41, 5.74) is 7.88. The zero-order chi connectivity index (χ0) is 20.7. The highest BCUT2D eigenvalue weighted by Gasteiger charge is 2.58. The number of piperidine rings is 1. The topological polar surface area (TPSA) is 85.3 Å². The summed E-state index contributed by atoms with van der Waals surface area (Å²) < 4.78 is 19.3. The summed E-state index contributed by atoms with van der Waals surface area (Å²) >= 11 is 0. The third kappa shape index (κ3) is 3.61. The number of hydrogen-bond donors (Lipinski definition) is 1. The molecule has 1 saturated heterocycles. The molecule has 0 bridgehead atoms. The number of hydrogen-bond acceptors (Lipinski definition) is 5. The number of aromatic nitrogens is 2. The Bertz CT molecular complexity index is 1070. The quantitative estimate of drug-likeness (QED) is 0.698. The van der Waals surface area contributed by atoms with Crippen LogP contribution in [0, 0.1) is 11.2 Å². The Morgan fingerprint density at radius 2 is 1.93 bits per heavy atom. The molecule has 2 aromatic carbocycles. The van der Waals surface area contributed by atoms with Crippen molar-refractivity contribution in [2.75, 3.05) is 13.1 Å². The minimum absolute atomic E-state index is 0.248. The van der Waals surface area contributed by atoms with Crippen LogP contribution in [-0.2, 0) is 6.54 Å². The van der Waals surface area contributed by atoms with Gasteiger partial charge in [-0.1, -0.05) is 18.2 Å². The van der Waals surface area contributed by atoms with Gasteiger partial charge in [0.2, 0.25) is 17.7 Å². The van der Waals surface area contributed by atoms with E-state index in [0.29, 0.717) is 28.8 Å². The summed E-state index contributed by atoms with van der Waals surface area (Å²) in [6, 6.07) is 13.7. The molecule has 1 spiro atoms. The largest absolute Gasteiger partial charge is 0.420 e. The van der Waals surface area contributed by atoms with Crippen molar-refractivity contribution >= 4 is 5.91 Å². The van der Waals surface area contributed by atoms with Crippen LogP contribution in [0.25, 0.3) is 11.5 Å². The Labute approximate surface area is 173 Å². The minimum atomic E-state index is -0.400. The van der Waals surface area contributed by atoms with Gasteiger partial charge in [0.05, 0.1) is 0 Å². The summed E-state index contributed by atoms with van der Waals surface area (Å²) in [4.78, 5) is 13.6. The summed E-state index contributed by atoms with van der Waals surface area (Å²) in [5.74, 6) is 0.632. The number of carbonyl (C=O) groups excluding carboxylic acids is 1. The van der Waals surface area contributed by atoms with Crippen LogP contribution in [0.15, 0.2) is 52.9 Å². The molecule has 0 radical (unpaired) electrons. The second-order valence-corrected chi connectivity index (χ2v) is 8.41. The Hall–Kier alpha value is -3.06. The maximum Gasteiger partial charge on any atom is 0.248 e. The fourth-order valence-electron chi connectivity index (χ4n) is 4.55. The van der Waals surface area contributed by atoms with Crippen LogP contribution in [0.1, 0.15) is 47.0 Å². The third-order valence-electron chi connectivity index (χ3n) is 6.50. The van der Waals surface area contributed by atoms with Crippen LogP contribution in [0.2, 0.25) is 0 Å². The van der Waals surface area contributed by atoms with E-state index in [9.17, 15) is 9.18 Å². The first-order chi connectivity index (χ1) is 14.5. The van der Waals surface area contributed by atoms with Crippen molar-refractivity contribution in [3.63, 3.8) is 0 Å². The number of carbonyl (C=O) groups is 1. The number of primary amides is 1. The van der Waals surface area contributed by atoms with E-state index in [-0.39, 0.29) is 11.2 Å². The normalized spacial score (nSPS) is 20.4. The van der Waals surface area contributed by atoms with Gasteiger partial charge in [0.1, 0.15) is 5.82 Å². The van der Waals surface area contributed by atoms with Crippen molar-refractivity contribution in [2.45, 2.75) is 31.7 Å². The highest BCUT2D eigenvalue weighted by atomic mass is 19.1. The zero-order valence-corrected chi connectivity index (χ0v) is 16.6. The molecule has 1 atom stereocenters. The Balaban J connectivity index is 1.19. The standard InChI is InChI=1S/C23H23FN4O2/c24-18-3-1-2-17(12-18)21-26-27-22(30-21)19-13-23(19)8-10-28(11-9-23)14-15-4-6-16(7-5-15)20(25)29/h1-7,12,19H,8-11,13-14H2,(H2,25,29)/t19-/m1/s1. The van der Waals surface area contributed by atoms with Crippen molar-refractivity contribution in [3.8, 4) is 11.5 Å². The van der Waals surface area contributed by atoms with Gasteiger partial charge in [-0.3, -0.25) is 9.69 Å². The lowest BCUT2D eigenvalue weighted by Crippen LogP contribution is -2.34. The van der Waals surface area contributed by atoms with E-state index in [1.54, 1.807) is 24.3 Å². The predicted octanol–water partition coefficient (Wildman–Crippen LogP) is 3.74. The Morgan fingerprint density at radius 3 is 2.63 bits per heavy atom. The fourth-order valence-corrected chi connectivity index (χ4v) is 4.55. The van der Waals surface area contributed by atoms with Crippen molar-refractivity contribution in [2.24, 2.45) is 11.1 Å². The first-order valence-corrected chi connectivity index (χ1v) is 10.2. The number of likely N-dealkylation sites (tertiary alicyclic amines) is 1. The zero-order valence-electron chi connectivity index (χ0n) is 16.6. The number of amides is 1. The molecule has 2 N–H and O–H groups in total. The molecule has 0 unspecified atom stereocenters. The Kier molecular flexibility index (Phi) is 4.62. The van der Waals surface area contributed by atoms with Gasteiger partial charge in [0.25, 0.3) is 0 Å². The van der Waals surface area contributed by atoms with E-state index in [0.717, 1.165) is 38.9 Å². The second kappa shape index (κ2) is 7.32. The van der Waals surface area contributed by atoms with E-state index >= 15 is 0 Å². The molecule has 2 fully saturated rings. The maximum atomic E-state index is 13.4. The monoisotopic (exact) mass is 406 g/mol. The van der Waals surface area contributed by atoms with E-state index < -0.39 is 5.91 Å². The van der Waals surface area contributed by atoms with Crippen molar-refractivity contribution in [1.82, 2.24) is 15.1 Å². The molecular formula is C23H23FN4O2. The predicted molar refractivity (Wildman–Crippen MR) is 109 cm³/mol. The molecule has 1 amide bonds. The summed E-state index contributed by atoms with van der Waals surface area (Å²) in [7, 11) is 0. The van der Waals surface area contributed by atoms with Crippen molar-refractivity contribution in [3.05, 3.63) is 71.4 Å². The van der Waals surface area contributed by atoms with Gasteiger partial charge in [-0.2, -0.15) is 0 Å². The molecule has 6 nitrogen and oxygen atoms in total. The van der Waals surface area contributed by atoms with Gasteiger partial charge >= 0.3 is 0 Å². The number of nitrogens with zero attached hydrogens (tertiary/aromatic N) is 3. The van der Waals surface area contributed by atoms with Crippen LogP contribution in [-0.4, -0.2) is 34.1 Å². The lowest BCUT2D eigenvalue weighted by molar-refractivity contribution is 0.1000. The highest BCUT2D eigenvalue weighted by molar-refractivity contribution is 5.92. The molecule has 1 aliphatic heterocycles. The lowest BCUT2D eigenvalue weighted by atomic mass is 9.90. The second-order valence-electron chi connectivity index (χ2n) is 8.41. The minimum Gasteiger partial charge on any atom is -0.420 e. The maximum absolute atomic E-state index is 13.4. The molecule has 1 aromatic heterocycles. The molecule has 1 aliphatic carbocycles. The average molecular weight is 406 g/mol. The molecule has 154 valence electrons. The van der Waals surface area contributed by atoms with E-state index in [4.69, 9.17) is 10.2 Å². The highest BCUT2D eigenvalue weighted by Crippen LogP contribution is 2.64. The number of benzene rings is 2. The lowest BCUT2D eigenvalue weighted by Gasteiger charge is -2.32. The first kappa shape index (κ1) is 18.9. The van der Waals surface area contributed by atoms with Gasteiger partial charge < -0.3 is 10.2 Å². The van der Waals surface area contributed by atoms with Gasteiger partial charge in [-0.05, 0) is 73.7 Å². The number of nitrogens with two attached hydrogens (primary N) is 1. The molecular weight excluding hydrogens is 383 g/mol. The molecule has 3 aromatic rings. The molecule has 7 heteroatoms. The van der Waals surface area contributed by atoms with Gasteiger partial charge in [-0.15, -0.1) is 10.2 Å². The SMILES string of the molecule is NC(=O)c1ccc(CN2CCC3(CC2)C[C@@H]3c2nnc(-c3cccc(F)c3)o2)cc1. The smallest absolute Gasteiger partial charge is 0.248 e. The van der Waals surface area contributed by atoms with Crippen LogP contribution in [0.3, 0.4) is 0 Å². The van der Waals surface area contributed by atoms with E-state index in [1.165, 1.54) is 17.7 Å². The van der Waals surface area contributed by atoms with Gasteiger partial charge in [0, 0.05) is 23.6 Å². The molecule has 2 aliphatic rings. The number of halogens is 1. The van der Waals surface area contributed by atoms with Crippen molar-refractivity contribution < 1.29 is 13.6 Å². The summed E-state index contributed by atoms with van der Waals surface area (Å²) in [5, 5.41) is 8.38. The third-order valence-corrected chi connectivity index (χ3v) is 6.50.